The zero-order valence-electron chi connectivity index (χ0n) is 11.2. The van der Waals surface area contributed by atoms with E-state index in [1.807, 2.05) is 26.8 Å². The fourth-order valence-corrected chi connectivity index (χ4v) is 2.39. The van der Waals surface area contributed by atoms with Crippen LogP contribution in [0.15, 0.2) is 16.7 Å². The first-order valence-electron chi connectivity index (χ1n) is 5.91. The minimum absolute atomic E-state index is 0.279. The molecule has 1 N–H and O–H groups in total. The molecule has 1 atom stereocenters. The molecule has 0 spiro atoms. The average Bonchev–Trinajstić information content (AvgIpc) is 2.32. The number of aromatic nitrogens is 1. The molecular formula is C13H19BrN2O2. The number of esters is 1. The SMILES string of the molecule is CCCC(C)(Nc1ncc(C)cc1Br)C(=O)OC. The summed E-state index contributed by atoms with van der Waals surface area (Å²) in [5, 5.41) is 3.17. The quantitative estimate of drug-likeness (QED) is 0.847. The number of halogens is 1. The number of nitrogens with one attached hydrogen (secondary N) is 1. The second kappa shape index (κ2) is 6.18. The van der Waals surface area contributed by atoms with Crippen molar-refractivity contribution in [2.75, 3.05) is 12.4 Å². The monoisotopic (exact) mass is 314 g/mol. The van der Waals surface area contributed by atoms with Gasteiger partial charge in [0.05, 0.1) is 11.6 Å². The molecule has 1 heterocycles. The number of methoxy groups -OCH3 is 1. The van der Waals surface area contributed by atoms with Crippen LogP contribution in [0.5, 0.6) is 0 Å². The second-order valence-electron chi connectivity index (χ2n) is 4.54. The molecule has 0 fully saturated rings. The lowest BCUT2D eigenvalue weighted by atomic mass is 9.96. The molecule has 0 aliphatic carbocycles. The lowest BCUT2D eigenvalue weighted by molar-refractivity contribution is -0.145. The minimum atomic E-state index is -0.756. The van der Waals surface area contributed by atoms with Crippen LogP contribution in [0.25, 0.3) is 0 Å². The van der Waals surface area contributed by atoms with Crippen molar-refractivity contribution in [1.82, 2.24) is 4.98 Å². The molecular weight excluding hydrogens is 296 g/mol. The summed E-state index contributed by atoms with van der Waals surface area (Å²) in [6.07, 6.45) is 3.32. The molecule has 1 unspecified atom stereocenters. The molecule has 0 aliphatic heterocycles. The third-order valence-corrected chi connectivity index (χ3v) is 3.36. The largest absolute Gasteiger partial charge is 0.467 e. The molecule has 0 aromatic carbocycles. The van der Waals surface area contributed by atoms with Crippen LogP contribution in [-0.2, 0) is 9.53 Å². The number of nitrogens with zero attached hydrogens (tertiary/aromatic N) is 1. The van der Waals surface area contributed by atoms with Gasteiger partial charge in [0.2, 0.25) is 0 Å². The van der Waals surface area contributed by atoms with E-state index in [4.69, 9.17) is 4.74 Å². The molecule has 100 valence electrons. The Hall–Kier alpha value is -1.10. The van der Waals surface area contributed by atoms with Crippen LogP contribution in [0.2, 0.25) is 0 Å². The van der Waals surface area contributed by atoms with Gasteiger partial charge in [0, 0.05) is 6.20 Å². The van der Waals surface area contributed by atoms with Crippen molar-refractivity contribution in [2.45, 2.75) is 39.2 Å². The molecule has 1 aromatic rings. The van der Waals surface area contributed by atoms with Crippen molar-refractivity contribution in [3.63, 3.8) is 0 Å². The highest BCUT2D eigenvalue weighted by atomic mass is 79.9. The number of anilines is 1. The Labute approximate surface area is 116 Å². The van der Waals surface area contributed by atoms with E-state index in [0.717, 1.165) is 16.5 Å². The highest BCUT2D eigenvalue weighted by Gasteiger charge is 2.34. The predicted molar refractivity (Wildman–Crippen MR) is 75.6 cm³/mol. The van der Waals surface area contributed by atoms with Crippen LogP contribution in [0.1, 0.15) is 32.3 Å². The molecule has 4 nitrogen and oxygen atoms in total. The number of hydrogen-bond acceptors (Lipinski definition) is 4. The van der Waals surface area contributed by atoms with Crippen LogP contribution in [0.4, 0.5) is 5.82 Å². The van der Waals surface area contributed by atoms with E-state index in [2.05, 4.69) is 26.2 Å². The number of carbonyl (C=O) groups excluding carboxylic acids is 1. The number of carbonyl (C=O) groups is 1. The molecule has 0 bridgehead atoms. The summed E-state index contributed by atoms with van der Waals surface area (Å²) in [6.45, 7) is 5.82. The van der Waals surface area contributed by atoms with Gasteiger partial charge < -0.3 is 10.1 Å². The van der Waals surface area contributed by atoms with Crippen molar-refractivity contribution in [2.24, 2.45) is 0 Å². The number of pyridine rings is 1. The van der Waals surface area contributed by atoms with E-state index >= 15 is 0 Å². The Balaban J connectivity index is 2.99. The lowest BCUT2D eigenvalue weighted by Crippen LogP contribution is -2.44. The van der Waals surface area contributed by atoms with E-state index in [0.29, 0.717) is 12.2 Å². The van der Waals surface area contributed by atoms with Crippen LogP contribution >= 0.6 is 15.9 Å². The zero-order chi connectivity index (χ0) is 13.8. The van der Waals surface area contributed by atoms with Crippen LogP contribution < -0.4 is 5.32 Å². The molecule has 1 rings (SSSR count). The Bertz CT molecular complexity index is 437. The summed E-state index contributed by atoms with van der Waals surface area (Å²) < 4.78 is 5.70. The molecule has 0 saturated carbocycles. The summed E-state index contributed by atoms with van der Waals surface area (Å²) in [5.41, 5.74) is 0.302. The Kier molecular flexibility index (Phi) is 5.14. The van der Waals surface area contributed by atoms with E-state index < -0.39 is 5.54 Å². The zero-order valence-corrected chi connectivity index (χ0v) is 12.8. The topological polar surface area (TPSA) is 51.2 Å². The highest BCUT2D eigenvalue weighted by Crippen LogP contribution is 2.26. The van der Waals surface area contributed by atoms with Gasteiger partial charge in [-0.25, -0.2) is 9.78 Å². The van der Waals surface area contributed by atoms with E-state index in [-0.39, 0.29) is 5.97 Å². The van der Waals surface area contributed by atoms with Gasteiger partial charge in [0.1, 0.15) is 11.4 Å². The number of ether oxygens (including phenoxy) is 1. The summed E-state index contributed by atoms with van der Waals surface area (Å²) in [5.74, 6) is 0.376. The summed E-state index contributed by atoms with van der Waals surface area (Å²) in [6, 6.07) is 1.96. The van der Waals surface area contributed by atoms with Gasteiger partial charge in [-0.3, -0.25) is 0 Å². The summed E-state index contributed by atoms with van der Waals surface area (Å²) in [7, 11) is 1.40. The average molecular weight is 315 g/mol. The number of rotatable bonds is 5. The maximum atomic E-state index is 11.9. The number of aryl methyl sites for hydroxylation is 1. The van der Waals surface area contributed by atoms with E-state index in [9.17, 15) is 4.79 Å². The molecule has 18 heavy (non-hydrogen) atoms. The van der Waals surface area contributed by atoms with Crippen LogP contribution in [0.3, 0.4) is 0 Å². The second-order valence-corrected chi connectivity index (χ2v) is 5.40. The van der Waals surface area contributed by atoms with Gasteiger partial charge in [0.15, 0.2) is 0 Å². The first-order valence-corrected chi connectivity index (χ1v) is 6.71. The van der Waals surface area contributed by atoms with Gasteiger partial charge in [-0.15, -0.1) is 0 Å². The van der Waals surface area contributed by atoms with Crippen molar-refractivity contribution in [3.05, 3.63) is 22.3 Å². The minimum Gasteiger partial charge on any atom is -0.467 e. The summed E-state index contributed by atoms with van der Waals surface area (Å²) in [4.78, 5) is 16.2. The molecule has 0 aliphatic rings. The Morgan fingerprint density at radius 3 is 2.78 bits per heavy atom. The predicted octanol–water partition coefficient (Wildman–Crippen LogP) is 3.30. The van der Waals surface area contributed by atoms with Gasteiger partial charge in [-0.2, -0.15) is 0 Å². The first-order chi connectivity index (χ1) is 8.42. The van der Waals surface area contributed by atoms with E-state index in [1.165, 1.54) is 7.11 Å². The lowest BCUT2D eigenvalue weighted by Gasteiger charge is -2.28. The highest BCUT2D eigenvalue weighted by molar-refractivity contribution is 9.10. The van der Waals surface area contributed by atoms with Crippen LogP contribution in [0, 0.1) is 6.92 Å². The van der Waals surface area contributed by atoms with E-state index in [1.54, 1.807) is 6.20 Å². The van der Waals surface area contributed by atoms with Crippen molar-refractivity contribution < 1.29 is 9.53 Å². The van der Waals surface area contributed by atoms with Crippen molar-refractivity contribution in [1.29, 1.82) is 0 Å². The van der Waals surface area contributed by atoms with Gasteiger partial charge in [-0.1, -0.05) is 13.3 Å². The molecule has 5 heteroatoms. The molecule has 0 radical (unpaired) electrons. The van der Waals surface area contributed by atoms with Crippen molar-refractivity contribution >= 4 is 27.7 Å². The van der Waals surface area contributed by atoms with Crippen molar-refractivity contribution in [3.8, 4) is 0 Å². The maximum absolute atomic E-state index is 11.9. The third kappa shape index (κ3) is 3.45. The van der Waals surface area contributed by atoms with Gasteiger partial charge >= 0.3 is 5.97 Å². The van der Waals surface area contributed by atoms with Gasteiger partial charge in [-0.05, 0) is 47.8 Å². The standard InChI is InChI=1S/C13H19BrN2O2/c1-5-6-13(3,12(17)18-4)16-11-10(14)7-9(2)8-15-11/h7-8H,5-6H2,1-4H3,(H,15,16). The summed E-state index contributed by atoms with van der Waals surface area (Å²) >= 11 is 3.44. The molecule has 0 saturated heterocycles. The van der Waals surface area contributed by atoms with Crippen LogP contribution in [-0.4, -0.2) is 23.6 Å². The smallest absolute Gasteiger partial charge is 0.331 e. The van der Waals surface area contributed by atoms with Gasteiger partial charge in [0.25, 0.3) is 0 Å². The first kappa shape index (κ1) is 15.0. The Morgan fingerprint density at radius 1 is 1.61 bits per heavy atom. The fourth-order valence-electron chi connectivity index (χ4n) is 1.83. The fraction of sp³-hybridized carbons (Fsp3) is 0.538. The number of hydrogen-bond donors (Lipinski definition) is 1. The maximum Gasteiger partial charge on any atom is 0.331 e. The molecule has 0 amide bonds. The normalized spacial score (nSPS) is 13.8. The Morgan fingerprint density at radius 2 is 2.28 bits per heavy atom. The molecule has 1 aromatic heterocycles. The third-order valence-electron chi connectivity index (χ3n) is 2.76.